The Balaban J connectivity index is 2.21. The van der Waals surface area contributed by atoms with Crippen molar-refractivity contribution < 1.29 is 5.11 Å². The highest BCUT2D eigenvalue weighted by Gasteiger charge is 2.06. The second kappa shape index (κ2) is 8.73. The van der Waals surface area contributed by atoms with E-state index in [2.05, 4.69) is 34.0 Å². The van der Waals surface area contributed by atoms with Crippen molar-refractivity contribution in [2.24, 2.45) is 0 Å². The molecule has 2 N–H and O–H groups in total. The molecular formula is C17H17Cl2N3O. The lowest BCUT2D eigenvalue weighted by Gasteiger charge is -2.08. The number of anilines is 1. The molecule has 6 heteroatoms. The molecule has 23 heavy (non-hydrogen) atoms. The number of hydrogen-bond acceptors (Lipinski definition) is 4. The van der Waals surface area contributed by atoms with Crippen LogP contribution >= 0.6 is 23.2 Å². The quantitative estimate of drug-likeness (QED) is 0.635. The van der Waals surface area contributed by atoms with E-state index < -0.39 is 0 Å². The fourth-order valence-corrected chi connectivity index (χ4v) is 2.21. The van der Waals surface area contributed by atoms with Gasteiger partial charge in [0.1, 0.15) is 17.2 Å². The lowest BCUT2D eigenvalue weighted by atomic mass is 10.2. The number of benzene rings is 1. The molecule has 0 spiro atoms. The van der Waals surface area contributed by atoms with E-state index in [9.17, 15) is 5.11 Å². The Kier molecular flexibility index (Phi) is 6.66. The summed E-state index contributed by atoms with van der Waals surface area (Å²) in [5.41, 5.74) is 1.56. The third-order valence-corrected chi connectivity index (χ3v) is 3.91. The Hall–Kier alpha value is -1.80. The van der Waals surface area contributed by atoms with Crippen molar-refractivity contribution in [1.82, 2.24) is 9.97 Å². The van der Waals surface area contributed by atoms with Crippen LogP contribution in [0.3, 0.4) is 0 Å². The number of nitrogens with zero attached hydrogens (tertiary/aromatic N) is 2. The fourth-order valence-electron chi connectivity index (χ4n) is 1.86. The monoisotopic (exact) mass is 349 g/mol. The second-order valence-corrected chi connectivity index (χ2v) is 5.63. The van der Waals surface area contributed by atoms with Crippen LogP contribution in [0.2, 0.25) is 10.0 Å². The van der Waals surface area contributed by atoms with E-state index in [1.165, 1.54) is 0 Å². The van der Waals surface area contributed by atoms with Gasteiger partial charge in [-0.15, -0.1) is 0 Å². The van der Waals surface area contributed by atoms with Crippen LogP contribution in [0.25, 0.3) is 0 Å². The maximum Gasteiger partial charge on any atom is 0.150 e. The van der Waals surface area contributed by atoms with Gasteiger partial charge in [-0.3, -0.25) is 0 Å². The molecule has 0 saturated heterocycles. The van der Waals surface area contributed by atoms with Crippen LogP contribution in [0, 0.1) is 11.8 Å². The van der Waals surface area contributed by atoms with E-state index in [1.807, 2.05) is 0 Å². The Labute approximate surface area is 145 Å². The summed E-state index contributed by atoms with van der Waals surface area (Å²) in [6.45, 7) is 2.70. The summed E-state index contributed by atoms with van der Waals surface area (Å²) in [6, 6.07) is 5.27. The van der Waals surface area contributed by atoms with Crippen molar-refractivity contribution in [3.05, 3.63) is 51.4 Å². The van der Waals surface area contributed by atoms with Gasteiger partial charge in [-0.05, 0) is 24.5 Å². The topological polar surface area (TPSA) is 58.0 Å². The van der Waals surface area contributed by atoms with E-state index >= 15 is 0 Å². The van der Waals surface area contributed by atoms with Crippen molar-refractivity contribution >= 4 is 29.0 Å². The average molecular weight is 350 g/mol. The van der Waals surface area contributed by atoms with Gasteiger partial charge in [0.05, 0.1) is 22.8 Å². The molecule has 0 aliphatic carbocycles. The van der Waals surface area contributed by atoms with Crippen LogP contribution in [0.4, 0.5) is 5.82 Å². The number of nitrogens with one attached hydrogen (secondary N) is 1. The average Bonchev–Trinajstić information content (AvgIpc) is 2.57. The molecule has 0 amide bonds. The highest BCUT2D eigenvalue weighted by Crippen LogP contribution is 2.24. The molecule has 2 rings (SSSR count). The summed E-state index contributed by atoms with van der Waals surface area (Å²) in [6.07, 6.45) is 3.68. The number of aliphatic hydroxyl groups excluding tert-OH is 1. The summed E-state index contributed by atoms with van der Waals surface area (Å²) in [5.74, 6) is 6.40. The first-order valence-electron chi connectivity index (χ1n) is 7.32. The third-order valence-electron chi connectivity index (χ3n) is 3.09. The molecule has 0 fully saturated rings. The maximum atomic E-state index is 9.44. The van der Waals surface area contributed by atoms with Crippen LogP contribution < -0.4 is 5.32 Å². The van der Waals surface area contributed by atoms with Crippen LogP contribution in [-0.2, 0) is 6.61 Å². The lowest BCUT2D eigenvalue weighted by Crippen LogP contribution is -2.08. The van der Waals surface area contributed by atoms with Crippen molar-refractivity contribution in [3.8, 4) is 11.8 Å². The first-order valence-corrected chi connectivity index (χ1v) is 8.08. The first-order chi connectivity index (χ1) is 11.2. The van der Waals surface area contributed by atoms with Crippen LogP contribution in [0.5, 0.6) is 0 Å². The normalized spacial score (nSPS) is 10.1. The summed E-state index contributed by atoms with van der Waals surface area (Å²) < 4.78 is 0. The molecule has 1 heterocycles. The fraction of sp³-hybridized carbons (Fsp3) is 0.294. The van der Waals surface area contributed by atoms with Gasteiger partial charge >= 0.3 is 0 Å². The van der Waals surface area contributed by atoms with Crippen molar-refractivity contribution in [2.75, 3.05) is 11.9 Å². The maximum absolute atomic E-state index is 9.44. The zero-order chi connectivity index (χ0) is 16.7. The summed E-state index contributed by atoms with van der Waals surface area (Å²) in [7, 11) is 0. The Morgan fingerprint density at radius 3 is 2.83 bits per heavy atom. The van der Waals surface area contributed by atoms with Gasteiger partial charge in [0.15, 0.2) is 0 Å². The number of halogens is 2. The van der Waals surface area contributed by atoms with Gasteiger partial charge in [0.2, 0.25) is 0 Å². The van der Waals surface area contributed by atoms with E-state index in [1.54, 1.807) is 24.4 Å². The Morgan fingerprint density at radius 1 is 1.26 bits per heavy atom. The van der Waals surface area contributed by atoms with Crippen LogP contribution in [-0.4, -0.2) is 21.6 Å². The zero-order valence-electron chi connectivity index (χ0n) is 12.7. The van der Waals surface area contributed by atoms with Gasteiger partial charge in [0.25, 0.3) is 0 Å². The Bertz CT molecular complexity index is 738. The molecule has 120 valence electrons. The summed E-state index contributed by atoms with van der Waals surface area (Å²) in [5, 5.41) is 13.5. The largest absolute Gasteiger partial charge is 0.390 e. The minimum absolute atomic E-state index is 0.200. The molecule has 1 aromatic carbocycles. The standard InChI is InChI=1S/C17H17Cl2N3O/c1-2-3-9-20-17-15(11-23)22-13(10-21-17)8-7-12-5-4-6-14(18)16(12)19/h4-6,10,23H,2-3,9,11H2,1H3,(H,20,21). The number of rotatable bonds is 5. The molecule has 1 aromatic heterocycles. The number of aromatic nitrogens is 2. The van der Waals surface area contributed by atoms with Gasteiger partial charge in [-0.2, -0.15) is 0 Å². The SMILES string of the molecule is CCCCNc1ncc(C#Cc2cccc(Cl)c2Cl)nc1CO. The number of aliphatic hydroxyl groups is 1. The molecule has 0 unspecified atom stereocenters. The van der Waals surface area contributed by atoms with Gasteiger partial charge in [-0.25, -0.2) is 9.97 Å². The lowest BCUT2D eigenvalue weighted by molar-refractivity contribution is 0.277. The smallest absolute Gasteiger partial charge is 0.150 e. The predicted octanol–water partition coefficient (Wildman–Crippen LogP) is 3.89. The molecule has 0 radical (unpaired) electrons. The first kappa shape index (κ1) is 17.6. The Morgan fingerprint density at radius 2 is 2.09 bits per heavy atom. The minimum Gasteiger partial charge on any atom is -0.390 e. The summed E-state index contributed by atoms with van der Waals surface area (Å²) in [4.78, 5) is 8.59. The van der Waals surface area contributed by atoms with E-state index in [4.69, 9.17) is 23.2 Å². The number of hydrogen-bond donors (Lipinski definition) is 2. The summed E-state index contributed by atoms with van der Waals surface area (Å²) >= 11 is 12.0. The highest BCUT2D eigenvalue weighted by atomic mass is 35.5. The molecule has 0 bridgehead atoms. The molecule has 0 aliphatic heterocycles. The molecule has 2 aromatic rings. The number of unbranched alkanes of at least 4 members (excludes halogenated alkanes) is 1. The van der Waals surface area contributed by atoms with E-state index in [-0.39, 0.29) is 6.61 Å². The molecular weight excluding hydrogens is 333 g/mol. The molecule has 0 aliphatic rings. The van der Waals surface area contributed by atoms with Crippen molar-refractivity contribution in [3.63, 3.8) is 0 Å². The van der Waals surface area contributed by atoms with Crippen LogP contribution in [0.1, 0.15) is 36.7 Å². The zero-order valence-corrected chi connectivity index (χ0v) is 14.2. The predicted molar refractivity (Wildman–Crippen MR) is 93.8 cm³/mol. The van der Waals surface area contributed by atoms with Gasteiger partial charge in [0, 0.05) is 12.1 Å². The van der Waals surface area contributed by atoms with Crippen LogP contribution in [0.15, 0.2) is 24.4 Å². The highest BCUT2D eigenvalue weighted by molar-refractivity contribution is 6.42. The molecule has 0 saturated carbocycles. The van der Waals surface area contributed by atoms with E-state index in [0.717, 1.165) is 19.4 Å². The second-order valence-electron chi connectivity index (χ2n) is 4.84. The van der Waals surface area contributed by atoms with Gasteiger partial charge in [-0.1, -0.05) is 48.5 Å². The van der Waals surface area contributed by atoms with Crippen molar-refractivity contribution in [1.29, 1.82) is 0 Å². The van der Waals surface area contributed by atoms with E-state index in [0.29, 0.717) is 32.8 Å². The minimum atomic E-state index is -0.200. The third kappa shape index (κ3) is 4.84. The molecule has 0 atom stereocenters. The van der Waals surface area contributed by atoms with Gasteiger partial charge < -0.3 is 10.4 Å². The van der Waals surface area contributed by atoms with Crippen molar-refractivity contribution in [2.45, 2.75) is 26.4 Å². The molecule has 4 nitrogen and oxygen atoms in total.